The summed E-state index contributed by atoms with van der Waals surface area (Å²) in [6, 6.07) is 4.55. The van der Waals surface area contributed by atoms with E-state index in [2.05, 4.69) is 0 Å². The minimum atomic E-state index is -1.10. The highest BCUT2D eigenvalue weighted by Gasteiger charge is 2.12. The maximum Gasteiger partial charge on any atom is 0.335 e. The first-order chi connectivity index (χ1) is 7.13. The molecule has 1 aromatic carbocycles. The van der Waals surface area contributed by atoms with E-state index in [4.69, 9.17) is 10.4 Å². The van der Waals surface area contributed by atoms with Gasteiger partial charge in [-0.1, -0.05) is 6.92 Å². The molecule has 15 heavy (non-hydrogen) atoms. The molecular formula is C11H9NO3. The molecule has 1 rings (SSSR count). The molecule has 0 bridgehead atoms. The first-order valence-electron chi connectivity index (χ1n) is 4.39. The van der Waals surface area contributed by atoms with E-state index in [0.717, 1.165) is 0 Å². The third kappa shape index (κ3) is 2.02. The first-order valence-corrected chi connectivity index (χ1v) is 4.39. The van der Waals surface area contributed by atoms with Crippen LogP contribution in [0.3, 0.4) is 0 Å². The molecule has 0 saturated heterocycles. The van der Waals surface area contributed by atoms with E-state index < -0.39 is 5.97 Å². The summed E-state index contributed by atoms with van der Waals surface area (Å²) >= 11 is 0. The van der Waals surface area contributed by atoms with Crippen molar-refractivity contribution in [3.63, 3.8) is 0 Å². The summed E-state index contributed by atoms with van der Waals surface area (Å²) in [5.41, 5.74) is 1.01. The molecule has 0 atom stereocenters. The molecule has 0 radical (unpaired) electrons. The highest BCUT2D eigenvalue weighted by molar-refractivity contribution is 5.92. The molecule has 0 unspecified atom stereocenters. The Labute approximate surface area is 86.8 Å². The monoisotopic (exact) mass is 203 g/mol. The van der Waals surface area contributed by atoms with E-state index in [9.17, 15) is 9.59 Å². The van der Waals surface area contributed by atoms with Crippen molar-refractivity contribution >= 4 is 12.3 Å². The van der Waals surface area contributed by atoms with Gasteiger partial charge in [0.05, 0.1) is 11.1 Å². The van der Waals surface area contributed by atoms with Crippen LogP contribution in [-0.4, -0.2) is 17.4 Å². The lowest BCUT2D eigenvalue weighted by Gasteiger charge is -2.05. The normalized spacial score (nSPS) is 9.33. The smallest absolute Gasteiger partial charge is 0.335 e. The van der Waals surface area contributed by atoms with Crippen molar-refractivity contribution in [1.82, 2.24) is 0 Å². The number of aldehydes is 1. The lowest BCUT2D eigenvalue weighted by atomic mass is 9.97. The van der Waals surface area contributed by atoms with E-state index >= 15 is 0 Å². The van der Waals surface area contributed by atoms with Crippen LogP contribution in [-0.2, 0) is 6.42 Å². The average molecular weight is 203 g/mol. The fourth-order valence-corrected chi connectivity index (χ4v) is 1.36. The van der Waals surface area contributed by atoms with Crippen LogP contribution in [0.5, 0.6) is 0 Å². The van der Waals surface area contributed by atoms with Crippen LogP contribution in [0.25, 0.3) is 0 Å². The van der Waals surface area contributed by atoms with Crippen LogP contribution < -0.4 is 0 Å². The summed E-state index contributed by atoms with van der Waals surface area (Å²) in [5.74, 6) is -1.10. The fraction of sp³-hybridized carbons (Fsp3) is 0.182. The predicted molar refractivity (Wildman–Crippen MR) is 52.9 cm³/mol. The summed E-state index contributed by atoms with van der Waals surface area (Å²) in [6.07, 6.45) is 1.02. The van der Waals surface area contributed by atoms with Crippen molar-refractivity contribution in [3.8, 4) is 6.07 Å². The van der Waals surface area contributed by atoms with Gasteiger partial charge in [0.2, 0.25) is 0 Å². The van der Waals surface area contributed by atoms with Gasteiger partial charge in [-0.2, -0.15) is 5.26 Å². The highest BCUT2D eigenvalue weighted by atomic mass is 16.4. The zero-order chi connectivity index (χ0) is 11.4. The largest absolute Gasteiger partial charge is 0.478 e. The number of rotatable bonds is 3. The molecule has 0 amide bonds. The van der Waals surface area contributed by atoms with Gasteiger partial charge in [0, 0.05) is 5.56 Å². The Morgan fingerprint density at radius 1 is 1.60 bits per heavy atom. The number of nitriles is 1. The topological polar surface area (TPSA) is 78.2 Å². The van der Waals surface area contributed by atoms with Gasteiger partial charge in [-0.25, -0.2) is 4.79 Å². The summed E-state index contributed by atoms with van der Waals surface area (Å²) in [4.78, 5) is 21.4. The van der Waals surface area contributed by atoms with Crippen molar-refractivity contribution in [2.75, 3.05) is 0 Å². The minimum absolute atomic E-state index is 0.0351. The van der Waals surface area contributed by atoms with Crippen molar-refractivity contribution in [2.45, 2.75) is 13.3 Å². The Kier molecular flexibility index (Phi) is 3.19. The van der Waals surface area contributed by atoms with Crippen molar-refractivity contribution in [2.24, 2.45) is 0 Å². The van der Waals surface area contributed by atoms with Crippen molar-refractivity contribution < 1.29 is 14.7 Å². The fourth-order valence-electron chi connectivity index (χ4n) is 1.36. The van der Waals surface area contributed by atoms with E-state index in [1.54, 1.807) is 6.92 Å². The van der Waals surface area contributed by atoms with Crippen LogP contribution in [0.15, 0.2) is 12.1 Å². The standard InChI is InChI=1S/C11H9NO3/c1-2-7-3-8(11(14)15)4-9(6-13)10(7)5-12/h3-4,6H,2H2,1H3,(H,14,15). The summed E-state index contributed by atoms with van der Waals surface area (Å²) in [6.45, 7) is 1.80. The zero-order valence-electron chi connectivity index (χ0n) is 8.15. The van der Waals surface area contributed by atoms with E-state index in [-0.39, 0.29) is 16.7 Å². The summed E-state index contributed by atoms with van der Waals surface area (Å²) < 4.78 is 0. The number of aryl methyl sites for hydroxylation is 1. The van der Waals surface area contributed by atoms with E-state index in [1.165, 1.54) is 12.1 Å². The Bertz CT molecular complexity index is 458. The molecule has 1 N–H and O–H groups in total. The number of carboxylic acids is 1. The number of nitrogens with zero attached hydrogens (tertiary/aromatic N) is 1. The quantitative estimate of drug-likeness (QED) is 0.757. The van der Waals surface area contributed by atoms with Gasteiger partial charge in [-0.3, -0.25) is 4.79 Å². The van der Waals surface area contributed by atoms with E-state index in [1.807, 2.05) is 6.07 Å². The van der Waals surface area contributed by atoms with Gasteiger partial charge in [0.1, 0.15) is 6.07 Å². The number of carbonyl (C=O) groups excluding carboxylic acids is 1. The van der Waals surface area contributed by atoms with Crippen LogP contribution in [0.2, 0.25) is 0 Å². The Morgan fingerprint density at radius 3 is 2.67 bits per heavy atom. The highest BCUT2D eigenvalue weighted by Crippen LogP contribution is 2.16. The maximum atomic E-state index is 10.7. The van der Waals surface area contributed by atoms with Crippen molar-refractivity contribution in [1.29, 1.82) is 5.26 Å². The number of carbonyl (C=O) groups is 2. The second-order valence-corrected chi connectivity index (χ2v) is 2.99. The maximum absolute atomic E-state index is 10.7. The molecule has 0 fully saturated rings. The molecule has 1 aromatic rings. The summed E-state index contributed by atoms with van der Waals surface area (Å²) in [7, 11) is 0. The van der Waals surface area contributed by atoms with Gasteiger partial charge in [-0.05, 0) is 24.1 Å². The molecule has 0 heterocycles. The van der Waals surface area contributed by atoms with Gasteiger partial charge in [0.15, 0.2) is 6.29 Å². The average Bonchev–Trinajstić information content (AvgIpc) is 2.26. The number of carboxylic acid groups (broad SMARTS) is 1. The minimum Gasteiger partial charge on any atom is -0.478 e. The molecular weight excluding hydrogens is 194 g/mol. The molecule has 0 spiro atoms. The van der Waals surface area contributed by atoms with E-state index in [0.29, 0.717) is 18.3 Å². The molecule has 0 aliphatic carbocycles. The third-order valence-corrected chi connectivity index (χ3v) is 2.12. The molecule has 0 aromatic heterocycles. The van der Waals surface area contributed by atoms with Crippen molar-refractivity contribution in [3.05, 3.63) is 34.4 Å². The van der Waals surface area contributed by atoms with Gasteiger partial charge in [0.25, 0.3) is 0 Å². The predicted octanol–water partition coefficient (Wildman–Crippen LogP) is 1.63. The Balaban J connectivity index is 3.51. The molecule has 0 aliphatic heterocycles. The molecule has 4 nitrogen and oxygen atoms in total. The third-order valence-electron chi connectivity index (χ3n) is 2.12. The second kappa shape index (κ2) is 4.38. The van der Waals surface area contributed by atoms with Crippen LogP contribution in [0, 0.1) is 11.3 Å². The van der Waals surface area contributed by atoms with Gasteiger partial charge >= 0.3 is 5.97 Å². The lowest BCUT2D eigenvalue weighted by molar-refractivity contribution is 0.0696. The molecule has 0 aliphatic rings. The van der Waals surface area contributed by atoms with Crippen LogP contribution >= 0.6 is 0 Å². The Hall–Kier alpha value is -2.15. The van der Waals surface area contributed by atoms with Gasteiger partial charge in [-0.15, -0.1) is 0 Å². The molecule has 76 valence electrons. The number of hydrogen-bond acceptors (Lipinski definition) is 3. The number of hydrogen-bond donors (Lipinski definition) is 1. The second-order valence-electron chi connectivity index (χ2n) is 2.99. The van der Waals surface area contributed by atoms with Gasteiger partial charge < -0.3 is 5.11 Å². The number of benzene rings is 1. The Morgan fingerprint density at radius 2 is 2.27 bits per heavy atom. The molecule has 4 heteroatoms. The van der Waals surface area contributed by atoms with Crippen LogP contribution in [0.4, 0.5) is 0 Å². The number of aromatic carboxylic acids is 1. The SMILES string of the molecule is CCc1cc(C(=O)O)cc(C=O)c1C#N. The zero-order valence-corrected chi connectivity index (χ0v) is 8.15. The van der Waals surface area contributed by atoms with Crippen LogP contribution in [0.1, 0.15) is 38.8 Å². The molecule has 0 saturated carbocycles. The summed E-state index contributed by atoms with van der Waals surface area (Å²) in [5, 5.41) is 17.6. The first kappa shape index (κ1) is 10.9. The lowest BCUT2D eigenvalue weighted by Crippen LogP contribution is -2.03.